The second-order valence-electron chi connectivity index (χ2n) is 31.7. The van der Waals surface area contributed by atoms with Crippen molar-refractivity contribution in [3.63, 3.8) is 0 Å². The Hall–Kier alpha value is -4.45. The van der Waals surface area contributed by atoms with Crippen LogP contribution in [0.15, 0.2) is 0 Å². The first-order chi connectivity index (χ1) is 59.1. The molecule has 0 saturated carbocycles. The molecule has 10 rings (SSSR count). The van der Waals surface area contributed by atoms with Crippen LogP contribution >= 0.6 is 0 Å². The number of rotatable bonds is 32. The van der Waals surface area contributed by atoms with Crippen LogP contribution < -0.4 is 26.6 Å². The van der Waals surface area contributed by atoms with E-state index < -0.39 is 396 Å². The van der Waals surface area contributed by atoms with Gasteiger partial charge in [0.25, 0.3) is 0 Å². The van der Waals surface area contributed by atoms with Crippen LogP contribution in [0.25, 0.3) is 0 Å². The van der Waals surface area contributed by atoms with E-state index in [1.807, 2.05) is 0 Å². The molecule has 125 heavy (non-hydrogen) atoms. The van der Waals surface area contributed by atoms with Crippen molar-refractivity contribution in [2.24, 2.45) is 0 Å². The van der Waals surface area contributed by atoms with Gasteiger partial charge in [0.1, 0.15) is 238 Å². The number of amides is 5. The molecule has 0 aromatic rings. The smallest absolute Gasteiger partial charge is 0.217 e. The van der Waals surface area contributed by atoms with E-state index in [2.05, 4.69) is 26.6 Å². The summed E-state index contributed by atoms with van der Waals surface area (Å²) in [5.74, 6) is -4.79. The topological polar surface area (TPSA) is 847 Å². The lowest BCUT2D eigenvalue weighted by atomic mass is 9.93. The Morgan fingerprint density at radius 3 is 0.904 bits per heavy atom. The van der Waals surface area contributed by atoms with Crippen molar-refractivity contribution in [2.75, 3.05) is 59.5 Å². The fourth-order valence-corrected chi connectivity index (χ4v) is 16.2. The summed E-state index contributed by atoms with van der Waals surface area (Å²) in [7, 11) is 0. The maximum Gasteiger partial charge on any atom is 0.217 e. The van der Waals surface area contributed by atoms with E-state index in [1.165, 1.54) is 6.92 Å². The summed E-state index contributed by atoms with van der Waals surface area (Å²) in [5, 5.41) is 305. The van der Waals surface area contributed by atoms with Gasteiger partial charge in [0, 0.05) is 34.6 Å². The summed E-state index contributed by atoms with van der Waals surface area (Å²) in [5.41, 5.74) is 0. The number of aliphatic hydroxyl groups is 26. The van der Waals surface area contributed by atoms with Crippen LogP contribution in [0.5, 0.6) is 0 Å². The normalized spacial score (nSPS) is 48.7. The molecule has 0 radical (unpaired) electrons. The maximum absolute atomic E-state index is 13.4. The molecule has 5 amide bonds. The average Bonchev–Trinajstić information content (AvgIpc) is 0.760. The molecule has 31 N–H and O–H groups in total. The van der Waals surface area contributed by atoms with Gasteiger partial charge in [-0.3, -0.25) is 24.0 Å². The fraction of sp³-hybridized carbons (Fsp3) is 0.929. The highest BCUT2D eigenvalue weighted by molar-refractivity contribution is 5.75. The minimum Gasteiger partial charge on any atom is -0.394 e. The molecule has 10 aliphatic rings. The van der Waals surface area contributed by atoms with Gasteiger partial charge in [0.2, 0.25) is 29.5 Å². The van der Waals surface area contributed by atoms with Gasteiger partial charge in [-0.15, -0.1) is 0 Å². The van der Waals surface area contributed by atoms with E-state index >= 15 is 0 Å². The van der Waals surface area contributed by atoms with Gasteiger partial charge in [-0.2, -0.15) is 0 Å². The van der Waals surface area contributed by atoms with E-state index in [1.54, 1.807) is 0 Å². The predicted octanol–water partition coefficient (Wildman–Crippen LogP) is -21.1. The molecule has 55 heteroatoms. The van der Waals surface area contributed by atoms with Crippen LogP contribution in [-0.4, -0.2) is 529 Å². The van der Waals surface area contributed by atoms with Crippen LogP contribution in [-0.2, 0) is 114 Å². The number of aliphatic hydroxyl groups excluding tert-OH is 26. The average molecular weight is 1830 g/mol. The van der Waals surface area contributed by atoms with Crippen LogP contribution in [0.4, 0.5) is 0 Å². The van der Waals surface area contributed by atoms with Crippen molar-refractivity contribution in [2.45, 2.75) is 348 Å². The molecule has 0 unspecified atom stereocenters. The van der Waals surface area contributed by atoms with Crippen LogP contribution in [0, 0.1) is 0 Å². The van der Waals surface area contributed by atoms with Gasteiger partial charge < -0.3 is 249 Å². The Balaban J connectivity index is 1.07. The number of carbonyl (C=O) groups excluding carboxylic acids is 5. The third-order valence-electron chi connectivity index (χ3n) is 22.8. The standard InChI is InChI=1S/C70H117N5O50/c1-16-36(88)47(99)51(103)66(109-16)107-14-29-56(44(96)31(61(106)110-29)71-17(2)83)119-64-34(74-20(5)86)45(97)55(28(13-82)116-64)121-68-53(105)58(123-70-60(50(102)41(93)26(11-80)115-70)125-63-33(73-19(4)85)43(95)38(90)23(8-77)112-63)57(122-62-32(72-18(3)84)42(94)37(89)22(7-76)111-62)30(118-68)15-108-69-59(49(101)40(92)25(10-79)114-69)124-65-35(75-21(6)87)46(98)54(27(12-81)117-65)120-67-52(104)48(100)39(91)24(9-78)113-67/h16,22-70,76-82,88-106H,7-15H2,1-6H3,(H,71,83)(H,72,84)(H,73,85)(H,74,86)(H,75,87)/t16-,22+,23+,24+,25+,26+,27+,28+,29+,30+,31+,32+,33+,34+,35+,36+,37+,38+,39-,40+,41+,42+,43+,44+,45+,46+,47+,48-,49-,50-,51-,52+,53-,54+,55+,56+,57+,58+,59-,60-,61+,62-,63-,64-,65-,66+,67-,68-,69-,70+/m0/s1. The Morgan fingerprint density at radius 1 is 0.224 bits per heavy atom. The molecule has 10 aliphatic heterocycles. The van der Waals surface area contributed by atoms with Gasteiger partial charge in [-0.25, -0.2) is 0 Å². The number of ether oxygens (including phenoxy) is 19. The zero-order valence-electron chi connectivity index (χ0n) is 67.7. The summed E-state index contributed by atoms with van der Waals surface area (Å²) in [6, 6.07) is -9.77. The van der Waals surface area contributed by atoms with Crippen LogP contribution in [0.1, 0.15) is 41.5 Å². The van der Waals surface area contributed by atoms with Crippen LogP contribution in [0.3, 0.4) is 0 Å². The quantitative estimate of drug-likeness (QED) is 0.0297. The van der Waals surface area contributed by atoms with Gasteiger partial charge in [0.05, 0.1) is 65.6 Å². The second-order valence-corrected chi connectivity index (χ2v) is 31.7. The minimum atomic E-state index is -2.75. The Kier molecular flexibility index (Phi) is 36.8. The molecule has 722 valence electrons. The first-order valence-electron chi connectivity index (χ1n) is 40.0. The molecule has 10 fully saturated rings. The zero-order valence-corrected chi connectivity index (χ0v) is 67.7. The summed E-state index contributed by atoms with van der Waals surface area (Å²) in [4.78, 5) is 65.0. The number of hydrogen-bond donors (Lipinski definition) is 31. The summed E-state index contributed by atoms with van der Waals surface area (Å²) >= 11 is 0. The molecule has 0 aromatic carbocycles. The van der Waals surface area contributed by atoms with Gasteiger partial charge in [-0.05, 0) is 6.92 Å². The first-order valence-corrected chi connectivity index (χ1v) is 40.0. The van der Waals surface area contributed by atoms with Crippen LogP contribution in [0.2, 0.25) is 0 Å². The largest absolute Gasteiger partial charge is 0.394 e. The highest BCUT2D eigenvalue weighted by Gasteiger charge is 2.62. The fourth-order valence-electron chi connectivity index (χ4n) is 16.2. The predicted molar refractivity (Wildman–Crippen MR) is 386 cm³/mol. The maximum atomic E-state index is 13.4. The molecular formula is C70H117N5O50. The Bertz CT molecular complexity index is 3420. The molecule has 0 aliphatic carbocycles. The van der Waals surface area contributed by atoms with E-state index in [9.17, 15) is 157 Å². The summed E-state index contributed by atoms with van der Waals surface area (Å²) in [6.45, 7) is -4.42. The van der Waals surface area contributed by atoms with Gasteiger partial charge in [-0.1, -0.05) is 0 Å². The monoisotopic (exact) mass is 1830 g/mol. The summed E-state index contributed by atoms with van der Waals surface area (Å²) in [6.07, 6.45) is -95.8. The molecule has 0 bridgehead atoms. The molecule has 0 aromatic heterocycles. The zero-order chi connectivity index (χ0) is 92.1. The van der Waals surface area contributed by atoms with E-state index in [-0.39, 0.29) is 0 Å². The lowest BCUT2D eigenvalue weighted by Crippen LogP contribution is -2.71. The van der Waals surface area contributed by atoms with Crippen molar-refractivity contribution in [3.05, 3.63) is 0 Å². The molecule has 10 saturated heterocycles. The van der Waals surface area contributed by atoms with Crippen molar-refractivity contribution in [3.8, 4) is 0 Å². The molecule has 0 spiro atoms. The van der Waals surface area contributed by atoms with E-state index in [0.29, 0.717) is 0 Å². The Morgan fingerprint density at radius 2 is 0.488 bits per heavy atom. The number of hydrogen-bond acceptors (Lipinski definition) is 50. The number of nitrogens with one attached hydrogen (secondary N) is 5. The molecule has 50 atom stereocenters. The highest BCUT2D eigenvalue weighted by Crippen LogP contribution is 2.41. The van der Waals surface area contributed by atoms with Crippen molar-refractivity contribution < 1.29 is 247 Å². The number of carbonyl (C=O) groups is 5. The van der Waals surface area contributed by atoms with Gasteiger partial charge in [0.15, 0.2) is 62.9 Å². The van der Waals surface area contributed by atoms with E-state index in [4.69, 9.17) is 90.0 Å². The van der Waals surface area contributed by atoms with Gasteiger partial charge >= 0.3 is 0 Å². The summed E-state index contributed by atoms with van der Waals surface area (Å²) < 4.78 is 116. The van der Waals surface area contributed by atoms with Crippen molar-refractivity contribution in [1.82, 2.24) is 26.6 Å². The highest BCUT2D eigenvalue weighted by atomic mass is 16.8. The molecule has 55 nitrogen and oxygen atoms in total. The SMILES string of the molecule is CC(=O)N[C@@H]1[C@@H](O)[C@H](O[C@@H]2O[C@H](CO)[C@@H](O[C@@H]3O[C@H](CO[C@H]4O[C@H](CO)[C@@H](O)[C@H](O)[C@@H]4O[C@@H]4O[C@H](CO)[C@@H](O[C@@H]5O[C@H](CO)[C@H](O)[C@H](O)[C@H]5O)[C@H](O)[C@H]4NC(C)=O)[C@@H](O[C@@H]4O[C@H](CO)[C@@H](O)[C@H](O)[C@H]4NC(C)=O)[C@H](O[C@H]4O[C@H](CO)[C@@H](O)[C@H](O)[C@@H]4O[C@@H]4O[C@H](CO)[C@@H](O)[C@H](O)[C@H]4NC(C)=O)[C@@H]3O)[C@H](O)[C@H]2NC(C)=O)[C@@H](CO[C@@H]2O[C@@H](C)[C@@H](O)[C@@H](O)[C@@H]2O)O[C@H]1O. The lowest BCUT2D eigenvalue weighted by Gasteiger charge is -2.52. The van der Waals surface area contributed by atoms with Crippen molar-refractivity contribution >= 4 is 29.5 Å². The molecule has 10 heterocycles. The first kappa shape index (κ1) is 103. The van der Waals surface area contributed by atoms with E-state index in [0.717, 1.165) is 34.6 Å². The van der Waals surface area contributed by atoms with Crippen molar-refractivity contribution in [1.29, 1.82) is 0 Å². The second kappa shape index (κ2) is 44.9. The third kappa shape index (κ3) is 23.1. The third-order valence-corrected chi connectivity index (χ3v) is 22.8. The molecular weight excluding hydrogens is 1710 g/mol. The Labute approximate surface area is 708 Å². The lowest BCUT2D eigenvalue weighted by molar-refractivity contribution is -0.407. The minimum absolute atomic E-state index is 0.863.